The van der Waals surface area contributed by atoms with Crippen LogP contribution >= 0.6 is 11.3 Å². The topological polar surface area (TPSA) is 42.2 Å². The number of rotatable bonds is 4. The number of nitrogens with one attached hydrogen (secondary N) is 1. The molecule has 1 N–H and O–H groups in total. The van der Waals surface area contributed by atoms with E-state index in [1.165, 1.54) is 21.8 Å². The number of fused-ring (bicyclic) bond motifs is 4. The number of aromatic nitrogens is 2. The molecule has 5 rings (SSSR count). The van der Waals surface area contributed by atoms with E-state index in [0.717, 1.165) is 27.5 Å². The van der Waals surface area contributed by atoms with Gasteiger partial charge in [-0.15, -0.1) is 0 Å². The molecule has 0 fully saturated rings. The summed E-state index contributed by atoms with van der Waals surface area (Å²) in [5, 5.41) is 7.73. The maximum Gasteiger partial charge on any atom is 0.204 e. The Morgan fingerprint density at radius 1 is 1.00 bits per heavy atom. The van der Waals surface area contributed by atoms with E-state index in [9.17, 15) is 0 Å². The highest BCUT2D eigenvalue weighted by Gasteiger charge is 2.09. The molecule has 4 nitrogen and oxygen atoms in total. The Kier molecular flexibility index (Phi) is 3.87. The third-order valence-corrected chi connectivity index (χ3v) is 5.72. The average Bonchev–Trinajstić information content (AvgIpc) is 3.26. The van der Waals surface area contributed by atoms with E-state index in [1.807, 2.05) is 24.4 Å². The Balaban J connectivity index is 1.48. The Hall–Kier alpha value is -3.18. The minimum atomic E-state index is 0.802. The molecule has 0 atom stereocenters. The summed E-state index contributed by atoms with van der Waals surface area (Å²) < 4.78 is 3.51. The summed E-state index contributed by atoms with van der Waals surface area (Å²) in [5.41, 5.74) is 7.65. The molecule has 27 heavy (non-hydrogen) atoms. The monoisotopic (exact) mass is 370 g/mol. The number of benzene rings is 3. The third-order valence-electron chi connectivity index (χ3n) is 4.78. The largest absolute Gasteiger partial charge is 0.341 e. The smallest absolute Gasteiger partial charge is 0.204 e. The first-order valence-corrected chi connectivity index (χ1v) is 9.81. The Labute approximate surface area is 160 Å². The minimum absolute atomic E-state index is 0.802. The van der Waals surface area contributed by atoms with E-state index >= 15 is 0 Å². The van der Waals surface area contributed by atoms with Crippen molar-refractivity contribution >= 4 is 54.7 Å². The molecular formula is C22H18N4S. The quantitative estimate of drug-likeness (QED) is 0.317. The van der Waals surface area contributed by atoms with Gasteiger partial charge in [-0.3, -0.25) is 5.43 Å². The highest BCUT2D eigenvalue weighted by molar-refractivity contribution is 7.22. The first kappa shape index (κ1) is 16.0. The second-order valence-corrected chi connectivity index (χ2v) is 7.43. The van der Waals surface area contributed by atoms with Gasteiger partial charge in [0.2, 0.25) is 5.13 Å². The van der Waals surface area contributed by atoms with Crippen molar-refractivity contribution in [3.8, 4) is 0 Å². The Bertz CT molecular complexity index is 1260. The lowest BCUT2D eigenvalue weighted by molar-refractivity contribution is 0.827. The number of thiazole rings is 1. The van der Waals surface area contributed by atoms with Crippen molar-refractivity contribution in [1.29, 1.82) is 0 Å². The molecule has 0 saturated heterocycles. The predicted octanol–water partition coefficient (Wildman–Crippen LogP) is 5.87. The van der Waals surface area contributed by atoms with Crippen LogP contribution in [-0.2, 0) is 6.54 Å². The summed E-state index contributed by atoms with van der Waals surface area (Å²) in [7, 11) is 0. The molecule has 2 heterocycles. The standard InChI is InChI=1S/C22H18N4S/c1-2-26-19-9-5-3-7-16(19)17-13-15(11-12-20(17)26)14-23-25-22-24-18-8-4-6-10-21(18)27-22/h3-14H,2H2,1H3,(H,24,25). The fourth-order valence-electron chi connectivity index (χ4n) is 3.57. The molecule has 5 heteroatoms. The molecule has 2 aromatic heterocycles. The number of hydrogen-bond donors (Lipinski definition) is 1. The molecule has 132 valence electrons. The van der Waals surface area contributed by atoms with Gasteiger partial charge < -0.3 is 4.57 Å². The van der Waals surface area contributed by atoms with Crippen molar-refractivity contribution in [2.75, 3.05) is 5.43 Å². The second-order valence-electron chi connectivity index (χ2n) is 6.39. The van der Waals surface area contributed by atoms with Gasteiger partial charge in [0.1, 0.15) is 0 Å². The van der Waals surface area contributed by atoms with Gasteiger partial charge in [-0.1, -0.05) is 47.7 Å². The normalized spacial score (nSPS) is 11.9. The summed E-state index contributed by atoms with van der Waals surface area (Å²) in [4.78, 5) is 4.54. The van der Waals surface area contributed by atoms with E-state index in [1.54, 1.807) is 11.3 Å². The van der Waals surface area contributed by atoms with Crippen LogP contribution in [0.3, 0.4) is 0 Å². The highest BCUT2D eigenvalue weighted by atomic mass is 32.1. The molecule has 0 aliphatic carbocycles. The molecule has 0 bridgehead atoms. The van der Waals surface area contributed by atoms with Crippen molar-refractivity contribution in [3.63, 3.8) is 0 Å². The van der Waals surface area contributed by atoms with Gasteiger partial charge >= 0.3 is 0 Å². The first-order chi connectivity index (χ1) is 13.3. The Morgan fingerprint density at radius 2 is 1.81 bits per heavy atom. The molecule has 5 aromatic rings. The molecule has 0 amide bonds. The first-order valence-electron chi connectivity index (χ1n) is 8.99. The molecule has 0 aliphatic rings. The zero-order valence-corrected chi connectivity index (χ0v) is 15.7. The van der Waals surface area contributed by atoms with E-state index in [4.69, 9.17) is 0 Å². The number of aryl methyl sites for hydroxylation is 1. The van der Waals surface area contributed by atoms with Crippen LogP contribution in [-0.4, -0.2) is 15.8 Å². The zero-order chi connectivity index (χ0) is 18.2. The number of hydrazone groups is 1. The second kappa shape index (κ2) is 6.52. The van der Waals surface area contributed by atoms with Crippen LogP contribution < -0.4 is 5.43 Å². The number of hydrogen-bond acceptors (Lipinski definition) is 4. The van der Waals surface area contributed by atoms with E-state index in [2.05, 4.69) is 75.5 Å². The highest BCUT2D eigenvalue weighted by Crippen LogP contribution is 2.29. The van der Waals surface area contributed by atoms with Gasteiger partial charge in [0.15, 0.2) is 0 Å². The molecular weight excluding hydrogens is 352 g/mol. The maximum atomic E-state index is 4.54. The summed E-state index contributed by atoms with van der Waals surface area (Å²) in [6.07, 6.45) is 1.85. The van der Waals surface area contributed by atoms with Gasteiger partial charge in [-0.2, -0.15) is 5.10 Å². The van der Waals surface area contributed by atoms with E-state index in [0.29, 0.717) is 0 Å². The molecule has 0 saturated carbocycles. The van der Waals surface area contributed by atoms with Crippen molar-refractivity contribution in [2.24, 2.45) is 5.10 Å². The Morgan fingerprint density at radius 3 is 2.70 bits per heavy atom. The van der Waals surface area contributed by atoms with Gasteiger partial charge in [0.25, 0.3) is 0 Å². The van der Waals surface area contributed by atoms with Gasteiger partial charge in [-0.05, 0) is 42.8 Å². The fraction of sp³-hybridized carbons (Fsp3) is 0.0909. The van der Waals surface area contributed by atoms with Crippen LogP contribution in [0.15, 0.2) is 71.8 Å². The summed E-state index contributed by atoms with van der Waals surface area (Å²) >= 11 is 1.60. The number of para-hydroxylation sites is 2. The van der Waals surface area contributed by atoms with Crippen LogP contribution in [0.4, 0.5) is 5.13 Å². The minimum Gasteiger partial charge on any atom is -0.341 e. The van der Waals surface area contributed by atoms with Crippen molar-refractivity contribution in [1.82, 2.24) is 9.55 Å². The average molecular weight is 370 g/mol. The van der Waals surface area contributed by atoms with Crippen LogP contribution in [0.5, 0.6) is 0 Å². The lowest BCUT2D eigenvalue weighted by atomic mass is 10.1. The lowest BCUT2D eigenvalue weighted by Crippen LogP contribution is -1.93. The summed E-state index contributed by atoms with van der Waals surface area (Å²) in [6.45, 7) is 3.14. The summed E-state index contributed by atoms with van der Waals surface area (Å²) in [6, 6.07) is 23.1. The maximum absolute atomic E-state index is 4.54. The van der Waals surface area contributed by atoms with E-state index < -0.39 is 0 Å². The van der Waals surface area contributed by atoms with Crippen molar-refractivity contribution in [2.45, 2.75) is 13.5 Å². The SMILES string of the molecule is CCn1c2ccccc2c2cc(C=NNc3nc4ccccc4s3)ccc21. The van der Waals surface area contributed by atoms with E-state index in [-0.39, 0.29) is 0 Å². The lowest BCUT2D eigenvalue weighted by Gasteiger charge is -2.02. The fourth-order valence-corrected chi connectivity index (χ4v) is 4.39. The van der Waals surface area contributed by atoms with Crippen molar-refractivity contribution < 1.29 is 0 Å². The summed E-state index contributed by atoms with van der Waals surface area (Å²) in [5.74, 6) is 0. The molecule has 0 spiro atoms. The third kappa shape index (κ3) is 2.76. The predicted molar refractivity (Wildman–Crippen MR) is 116 cm³/mol. The van der Waals surface area contributed by atoms with Gasteiger partial charge in [-0.25, -0.2) is 4.98 Å². The van der Waals surface area contributed by atoms with Crippen LogP contribution in [0, 0.1) is 0 Å². The van der Waals surface area contributed by atoms with Crippen molar-refractivity contribution in [3.05, 3.63) is 72.3 Å². The molecule has 0 radical (unpaired) electrons. The number of anilines is 1. The molecule has 0 aliphatic heterocycles. The molecule has 3 aromatic carbocycles. The van der Waals surface area contributed by atoms with Gasteiger partial charge in [0, 0.05) is 28.4 Å². The molecule has 0 unspecified atom stereocenters. The van der Waals surface area contributed by atoms with Gasteiger partial charge in [0.05, 0.1) is 16.4 Å². The van der Waals surface area contributed by atoms with Crippen LogP contribution in [0.2, 0.25) is 0 Å². The van der Waals surface area contributed by atoms with Crippen LogP contribution in [0.25, 0.3) is 32.0 Å². The zero-order valence-electron chi connectivity index (χ0n) is 14.9. The van der Waals surface area contributed by atoms with Crippen LogP contribution in [0.1, 0.15) is 12.5 Å². The number of nitrogens with zero attached hydrogens (tertiary/aromatic N) is 3.